The quantitative estimate of drug-likeness (QED) is 0.340. The zero-order valence-electron chi connectivity index (χ0n) is 17.4. The SMILES string of the molecule is CC[C@H]1CC[C@H](C=CC#C[C@H]2CC[C@H](c3cc(F)c(C(F)(F)F)c(F)c3)CC2)CC1. The van der Waals surface area contributed by atoms with Crippen LogP contribution in [0.5, 0.6) is 0 Å². The number of allylic oxidation sites excluding steroid dienone is 2. The summed E-state index contributed by atoms with van der Waals surface area (Å²) >= 11 is 0. The summed E-state index contributed by atoms with van der Waals surface area (Å²) in [4.78, 5) is 0. The number of hydrogen-bond donors (Lipinski definition) is 0. The minimum Gasteiger partial charge on any atom is -0.206 e. The molecular weight excluding hydrogens is 395 g/mol. The summed E-state index contributed by atoms with van der Waals surface area (Å²) in [7, 11) is 0. The van der Waals surface area contributed by atoms with Crippen molar-refractivity contribution in [3.63, 3.8) is 0 Å². The van der Waals surface area contributed by atoms with Crippen LogP contribution in [-0.4, -0.2) is 0 Å². The van der Waals surface area contributed by atoms with E-state index in [4.69, 9.17) is 0 Å². The third-order valence-electron chi connectivity index (χ3n) is 6.75. The lowest BCUT2D eigenvalue weighted by Gasteiger charge is -2.26. The smallest absolute Gasteiger partial charge is 0.206 e. The van der Waals surface area contributed by atoms with Crippen molar-refractivity contribution >= 4 is 0 Å². The monoisotopic (exact) mass is 424 g/mol. The Bertz CT molecular complexity index is 772. The van der Waals surface area contributed by atoms with Crippen LogP contribution >= 0.6 is 0 Å². The van der Waals surface area contributed by atoms with E-state index in [1.54, 1.807) is 0 Å². The molecule has 0 N–H and O–H groups in total. The van der Waals surface area contributed by atoms with E-state index in [2.05, 4.69) is 24.8 Å². The van der Waals surface area contributed by atoms with Crippen LogP contribution in [0.25, 0.3) is 0 Å². The van der Waals surface area contributed by atoms with Crippen molar-refractivity contribution in [2.75, 3.05) is 0 Å². The summed E-state index contributed by atoms with van der Waals surface area (Å²) in [5.41, 5.74) is -1.49. The molecule has 2 aliphatic rings. The Balaban J connectivity index is 1.51. The van der Waals surface area contributed by atoms with E-state index < -0.39 is 23.4 Å². The fraction of sp³-hybridized carbons (Fsp3) is 0.600. The Morgan fingerprint density at radius 2 is 1.53 bits per heavy atom. The van der Waals surface area contributed by atoms with Gasteiger partial charge in [0.25, 0.3) is 0 Å². The molecule has 0 nitrogen and oxygen atoms in total. The standard InChI is InChI=1S/C25H29F5/c1-2-17-7-9-18(10-8-17)5-3-4-6-19-11-13-20(14-12-19)21-15-22(26)24(23(27)16-21)25(28,29)30/h3,5,15-20H,2,7-14H2,1H3/t17-,18-,19-,20-. The molecule has 0 atom stereocenters. The highest BCUT2D eigenvalue weighted by Gasteiger charge is 2.38. The van der Waals surface area contributed by atoms with Gasteiger partial charge in [0.2, 0.25) is 0 Å². The molecule has 1 aromatic rings. The highest BCUT2D eigenvalue weighted by atomic mass is 19.4. The second-order valence-electron chi connectivity index (χ2n) is 8.74. The average Bonchev–Trinajstić information content (AvgIpc) is 2.70. The van der Waals surface area contributed by atoms with Crippen LogP contribution < -0.4 is 0 Å². The van der Waals surface area contributed by atoms with Gasteiger partial charge in [-0.05, 0) is 92.9 Å². The van der Waals surface area contributed by atoms with Gasteiger partial charge in [-0.2, -0.15) is 13.2 Å². The highest BCUT2D eigenvalue weighted by Crippen LogP contribution is 2.39. The molecule has 2 fully saturated rings. The molecule has 0 heterocycles. The van der Waals surface area contributed by atoms with Gasteiger partial charge in [0.05, 0.1) is 0 Å². The van der Waals surface area contributed by atoms with Gasteiger partial charge in [-0.1, -0.05) is 31.3 Å². The summed E-state index contributed by atoms with van der Waals surface area (Å²) in [6, 6.07) is 1.69. The molecule has 0 aliphatic heterocycles. The van der Waals surface area contributed by atoms with E-state index in [9.17, 15) is 22.0 Å². The Labute approximate surface area is 175 Å². The predicted molar refractivity (Wildman–Crippen MR) is 109 cm³/mol. The average molecular weight is 424 g/mol. The third kappa shape index (κ3) is 5.86. The van der Waals surface area contributed by atoms with E-state index in [-0.39, 0.29) is 11.8 Å². The van der Waals surface area contributed by atoms with Gasteiger partial charge in [0.15, 0.2) is 0 Å². The molecule has 5 heteroatoms. The molecule has 0 bridgehead atoms. The van der Waals surface area contributed by atoms with Crippen molar-refractivity contribution in [3.8, 4) is 11.8 Å². The van der Waals surface area contributed by atoms with Crippen LogP contribution in [0, 0.1) is 41.2 Å². The zero-order chi connectivity index (χ0) is 21.7. The first-order chi connectivity index (χ1) is 14.3. The highest BCUT2D eigenvalue weighted by molar-refractivity contribution is 5.31. The maximum atomic E-state index is 13.8. The van der Waals surface area contributed by atoms with Crippen LogP contribution in [-0.2, 0) is 6.18 Å². The number of hydrogen-bond acceptors (Lipinski definition) is 0. The molecule has 2 saturated carbocycles. The van der Waals surface area contributed by atoms with E-state index in [0.717, 1.165) is 30.9 Å². The topological polar surface area (TPSA) is 0 Å². The molecule has 0 spiro atoms. The molecule has 3 rings (SSSR count). The molecule has 2 aliphatic carbocycles. The van der Waals surface area contributed by atoms with Crippen LogP contribution in [0.15, 0.2) is 24.3 Å². The third-order valence-corrected chi connectivity index (χ3v) is 6.75. The molecule has 0 saturated heterocycles. The van der Waals surface area contributed by atoms with Crippen LogP contribution in [0.4, 0.5) is 22.0 Å². The van der Waals surface area contributed by atoms with Gasteiger partial charge in [-0.15, -0.1) is 0 Å². The molecule has 0 radical (unpaired) electrons. The maximum absolute atomic E-state index is 13.8. The molecule has 1 aromatic carbocycles. The van der Waals surface area contributed by atoms with Gasteiger partial charge in [0.1, 0.15) is 17.2 Å². The summed E-state index contributed by atoms with van der Waals surface area (Å²) < 4.78 is 65.9. The van der Waals surface area contributed by atoms with Gasteiger partial charge in [-0.25, -0.2) is 8.78 Å². The summed E-state index contributed by atoms with van der Waals surface area (Å²) in [5.74, 6) is 4.97. The summed E-state index contributed by atoms with van der Waals surface area (Å²) in [5, 5.41) is 0. The lowest BCUT2D eigenvalue weighted by atomic mass is 9.78. The number of rotatable bonds is 3. The van der Waals surface area contributed by atoms with Crippen molar-refractivity contribution in [3.05, 3.63) is 47.0 Å². The molecule has 30 heavy (non-hydrogen) atoms. The second-order valence-corrected chi connectivity index (χ2v) is 8.74. The van der Waals surface area contributed by atoms with Crippen molar-refractivity contribution < 1.29 is 22.0 Å². The largest absolute Gasteiger partial charge is 0.422 e. The van der Waals surface area contributed by atoms with Crippen molar-refractivity contribution in [2.45, 2.75) is 76.8 Å². The fourth-order valence-electron chi connectivity index (χ4n) is 4.81. The molecular formula is C25H29F5. The minimum atomic E-state index is -5.03. The van der Waals surface area contributed by atoms with Gasteiger partial charge >= 0.3 is 6.18 Å². The Morgan fingerprint density at radius 3 is 2.07 bits per heavy atom. The first-order valence-electron chi connectivity index (χ1n) is 11.0. The van der Waals surface area contributed by atoms with Crippen LogP contribution in [0.1, 0.15) is 81.8 Å². The number of alkyl halides is 3. The summed E-state index contributed by atoms with van der Waals surface area (Å²) in [6.45, 7) is 2.26. The molecule has 0 unspecified atom stereocenters. The second kappa shape index (κ2) is 9.98. The predicted octanol–water partition coefficient (Wildman–Crippen LogP) is 8.03. The minimum absolute atomic E-state index is 0.126. The summed E-state index contributed by atoms with van der Waals surface area (Å²) in [6.07, 6.45) is 8.43. The Hall–Kier alpha value is -1.83. The van der Waals surface area contributed by atoms with Gasteiger partial charge < -0.3 is 0 Å². The lowest BCUT2D eigenvalue weighted by molar-refractivity contribution is -0.142. The van der Waals surface area contributed by atoms with Crippen LogP contribution in [0.3, 0.4) is 0 Å². The normalized spacial score (nSPS) is 27.7. The zero-order valence-corrected chi connectivity index (χ0v) is 17.4. The van der Waals surface area contributed by atoms with E-state index in [0.29, 0.717) is 24.3 Å². The van der Waals surface area contributed by atoms with Crippen molar-refractivity contribution in [2.24, 2.45) is 17.8 Å². The first kappa shape index (κ1) is 22.8. The van der Waals surface area contributed by atoms with Crippen molar-refractivity contribution in [1.29, 1.82) is 0 Å². The van der Waals surface area contributed by atoms with E-state index in [1.807, 2.05) is 6.08 Å². The Morgan fingerprint density at radius 1 is 0.933 bits per heavy atom. The van der Waals surface area contributed by atoms with E-state index in [1.165, 1.54) is 32.1 Å². The van der Waals surface area contributed by atoms with Gasteiger partial charge in [-0.3, -0.25) is 0 Å². The molecule has 0 amide bonds. The molecule has 0 aromatic heterocycles. The fourth-order valence-corrected chi connectivity index (χ4v) is 4.81. The Kier molecular flexibility index (Phi) is 7.60. The number of benzene rings is 1. The van der Waals surface area contributed by atoms with Crippen molar-refractivity contribution in [1.82, 2.24) is 0 Å². The van der Waals surface area contributed by atoms with Gasteiger partial charge in [0, 0.05) is 5.92 Å². The first-order valence-corrected chi connectivity index (χ1v) is 11.0. The number of halogens is 5. The molecule has 164 valence electrons. The van der Waals surface area contributed by atoms with E-state index >= 15 is 0 Å². The van der Waals surface area contributed by atoms with Crippen LogP contribution in [0.2, 0.25) is 0 Å². The maximum Gasteiger partial charge on any atom is 0.422 e. The lowest BCUT2D eigenvalue weighted by Crippen LogP contribution is -2.15.